The number of nitrogens with zero attached hydrogens (tertiary/aromatic N) is 1. The van der Waals surface area contributed by atoms with Gasteiger partial charge in [-0.15, -0.1) is 0 Å². The highest BCUT2D eigenvalue weighted by Crippen LogP contribution is 2.16. The van der Waals surface area contributed by atoms with Crippen LogP contribution in [0.3, 0.4) is 0 Å². The van der Waals surface area contributed by atoms with Gasteiger partial charge in [-0.1, -0.05) is 34.1 Å². The summed E-state index contributed by atoms with van der Waals surface area (Å²) in [4.78, 5) is 4.10. The number of hydrogen-bond donors (Lipinski definition) is 2. The Balaban J connectivity index is 2.31. The highest BCUT2D eigenvalue weighted by atomic mass is 79.9. The van der Waals surface area contributed by atoms with Crippen molar-refractivity contribution in [2.45, 2.75) is 19.8 Å². The molecule has 0 aliphatic heterocycles. The van der Waals surface area contributed by atoms with E-state index in [0.717, 1.165) is 16.5 Å². The zero-order valence-electron chi connectivity index (χ0n) is 11.0. The summed E-state index contributed by atoms with van der Waals surface area (Å²) >= 11 is 3.23. The van der Waals surface area contributed by atoms with Gasteiger partial charge in [0.25, 0.3) is 0 Å². The van der Waals surface area contributed by atoms with E-state index in [9.17, 15) is 4.39 Å². The summed E-state index contributed by atoms with van der Waals surface area (Å²) in [5, 5.41) is 2.99. The maximum Gasteiger partial charge on any atom is 0.188 e. The minimum Gasteiger partial charge on any atom is -0.370 e. The highest BCUT2D eigenvalue weighted by molar-refractivity contribution is 9.10. The van der Waals surface area contributed by atoms with Crippen molar-refractivity contribution in [3.8, 4) is 0 Å². The number of halogens is 2. The summed E-state index contributed by atoms with van der Waals surface area (Å²) in [7, 11) is 0. The second-order valence-corrected chi connectivity index (χ2v) is 5.34. The van der Waals surface area contributed by atoms with Crippen LogP contribution in [0.1, 0.15) is 18.9 Å². The first kappa shape index (κ1) is 15.7. The van der Waals surface area contributed by atoms with Gasteiger partial charge in [0.15, 0.2) is 5.96 Å². The van der Waals surface area contributed by atoms with E-state index >= 15 is 0 Å². The molecule has 19 heavy (non-hydrogen) atoms. The average molecular weight is 328 g/mol. The van der Waals surface area contributed by atoms with Crippen molar-refractivity contribution in [1.29, 1.82) is 0 Å². The normalized spacial score (nSPS) is 11.4. The van der Waals surface area contributed by atoms with E-state index in [1.807, 2.05) is 13.0 Å². The smallest absolute Gasteiger partial charge is 0.188 e. The lowest BCUT2D eigenvalue weighted by Gasteiger charge is -2.06. The van der Waals surface area contributed by atoms with Crippen LogP contribution in [-0.4, -0.2) is 19.0 Å². The van der Waals surface area contributed by atoms with Crippen LogP contribution in [0, 0.1) is 5.82 Å². The Morgan fingerprint density at radius 2 is 2.26 bits per heavy atom. The summed E-state index contributed by atoms with van der Waals surface area (Å²) < 4.78 is 14.3. The Labute approximate surface area is 121 Å². The van der Waals surface area contributed by atoms with E-state index in [1.165, 1.54) is 6.07 Å². The third kappa shape index (κ3) is 6.38. The van der Waals surface area contributed by atoms with Crippen LogP contribution in [0.15, 0.2) is 39.8 Å². The number of nitrogens with one attached hydrogen (secondary N) is 1. The molecule has 0 bridgehead atoms. The van der Waals surface area contributed by atoms with Gasteiger partial charge >= 0.3 is 0 Å². The van der Waals surface area contributed by atoms with Gasteiger partial charge in [-0.3, -0.25) is 0 Å². The third-order valence-electron chi connectivity index (χ3n) is 2.46. The summed E-state index contributed by atoms with van der Waals surface area (Å²) in [6, 6.07) is 5.11. The van der Waals surface area contributed by atoms with Crippen molar-refractivity contribution >= 4 is 21.9 Å². The van der Waals surface area contributed by atoms with E-state index in [-0.39, 0.29) is 5.82 Å². The van der Waals surface area contributed by atoms with Crippen molar-refractivity contribution in [2.24, 2.45) is 10.7 Å². The fourth-order valence-corrected chi connectivity index (χ4v) is 1.83. The lowest BCUT2D eigenvalue weighted by atomic mass is 10.1. The number of aliphatic imine (C=N–C) groups is 1. The molecule has 1 aromatic carbocycles. The zero-order chi connectivity index (χ0) is 14.3. The Bertz CT molecular complexity index is 472. The largest absolute Gasteiger partial charge is 0.370 e. The molecule has 0 heterocycles. The number of nitrogens with two attached hydrogens (primary N) is 1. The van der Waals surface area contributed by atoms with Crippen molar-refractivity contribution in [3.05, 3.63) is 46.2 Å². The van der Waals surface area contributed by atoms with Gasteiger partial charge in [-0.25, -0.2) is 9.38 Å². The van der Waals surface area contributed by atoms with Crippen molar-refractivity contribution in [1.82, 2.24) is 5.32 Å². The maximum absolute atomic E-state index is 13.5. The monoisotopic (exact) mass is 327 g/mol. The Morgan fingerprint density at radius 3 is 2.89 bits per heavy atom. The van der Waals surface area contributed by atoms with Crippen LogP contribution >= 0.6 is 15.9 Å². The van der Waals surface area contributed by atoms with Gasteiger partial charge < -0.3 is 11.1 Å². The zero-order valence-corrected chi connectivity index (χ0v) is 12.6. The molecule has 104 valence electrons. The molecule has 0 aliphatic rings. The SMILES string of the molecule is C=C(C)CN=C(N)NCCCc1ccc(Br)cc1F. The molecule has 0 radical (unpaired) electrons. The minimum atomic E-state index is -0.182. The van der Waals surface area contributed by atoms with Gasteiger partial charge in [0.1, 0.15) is 5.82 Å². The quantitative estimate of drug-likeness (QED) is 0.365. The van der Waals surface area contributed by atoms with Crippen molar-refractivity contribution in [2.75, 3.05) is 13.1 Å². The van der Waals surface area contributed by atoms with Crippen LogP contribution in [0.5, 0.6) is 0 Å². The molecule has 0 saturated heterocycles. The molecular formula is C14H19BrFN3. The number of aryl methyl sites for hydroxylation is 1. The highest BCUT2D eigenvalue weighted by Gasteiger charge is 2.02. The predicted molar refractivity (Wildman–Crippen MR) is 81.7 cm³/mol. The Morgan fingerprint density at radius 1 is 1.53 bits per heavy atom. The molecular weight excluding hydrogens is 309 g/mol. The van der Waals surface area contributed by atoms with Gasteiger partial charge in [0.05, 0.1) is 6.54 Å². The number of benzene rings is 1. The number of rotatable bonds is 6. The fourth-order valence-electron chi connectivity index (χ4n) is 1.50. The molecule has 0 aliphatic carbocycles. The number of guanidine groups is 1. The topological polar surface area (TPSA) is 50.4 Å². The summed E-state index contributed by atoms with van der Waals surface area (Å²) in [5.74, 6) is 0.220. The molecule has 0 fully saturated rings. The van der Waals surface area contributed by atoms with E-state index in [0.29, 0.717) is 31.0 Å². The average Bonchev–Trinajstić information content (AvgIpc) is 2.34. The molecule has 3 N–H and O–H groups in total. The van der Waals surface area contributed by atoms with Crippen LogP contribution in [0.25, 0.3) is 0 Å². The molecule has 0 atom stereocenters. The second-order valence-electron chi connectivity index (χ2n) is 4.42. The molecule has 0 amide bonds. The van der Waals surface area contributed by atoms with Gasteiger partial charge in [-0.2, -0.15) is 0 Å². The lowest BCUT2D eigenvalue weighted by molar-refractivity contribution is 0.602. The van der Waals surface area contributed by atoms with Crippen molar-refractivity contribution < 1.29 is 4.39 Å². The van der Waals surface area contributed by atoms with Gasteiger partial charge in [0, 0.05) is 11.0 Å². The summed E-state index contributed by atoms with van der Waals surface area (Å²) in [5.41, 5.74) is 7.34. The van der Waals surface area contributed by atoms with Crippen LogP contribution in [-0.2, 0) is 6.42 Å². The molecule has 1 aromatic rings. The van der Waals surface area contributed by atoms with E-state index in [4.69, 9.17) is 5.73 Å². The first-order chi connectivity index (χ1) is 8.99. The van der Waals surface area contributed by atoms with Gasteiger partial charge in [0.2, 0.25) is 0 Å². The van der Waals surface area contributed by atoms with Crippen LogP contribution in [0.2, 0.25) is 0 Å². The fraction of sp³-hybridized carbons (Fsp3) is 0.357. The maximum atomic E-state index is 13.5. The second kappa shape index (κ2) is 7.94. The van der Waals surface area contributed by atoms with Crippen LogP contribution in [0.4, 0.5) is 4.39 Å². The standard InChI is InChI=1S/C14H19BrFN3/c1-10(2)9-19-14(17)18-7-3-4-11-5-6-12(15)8-13(11)16/h5-6,8H,1,3-4,7,9H2,2H3,(H3,17,18,19). The lowest BCUT2D eigenvalue weighted by Crippen LogP contribution is -2.32. The molecule has 0 saturated carbocycles. The molecule has 0 aromatic heterocycles. The molecule has 0 spiro atoms. The first-order valence-electron chi connectivity index (χ1n) is 6.11. The van der Waals surface area contributed by atoms with E-state index in [2.05, 4.69) is 32.8 Å². The Hall–Kier alpha value is -1.36. The molecule has 0 unspecified atom stereocenters. The third-order valence-corrected chi connectivity index (χ3v) is 2.96. The van der Waals surface area contributed by atoms with Crippen LogP contribution < -0.4 is 11.1 Å². The number of hydrogen-bond acceptors (Lipinski definition) is 1. The minimum absolute atomic E-state index is 0.182. The molecule has 3 nitrogen and oxygen atoms in total. The van der Waals surface area contributed by atoms with E-state index in [1.54, 1.807) is 6.07 Å². The summed E-state index contributed by atoms with van der Waals surface area (Å²) in [6.07, 6.45) is 1.46. The summed E-state index contributed by atoms with van der Waals surface area (Å²) in [6.45, 7) is 6.84. The molecule has 1 rings (SSSR count). The first-order valence-corrected chi connectivity index (χ1v) is 6.90. The van der Waals surface area contributed by atoms with Crippen molar-refractivity contribution in [3.63, 3.8) is 0 Å². The predicted octanol–water partition coefficient (Wildman–Crippen LogP) is 3.00. The van der Waals surface area contributed by atoms with E-state index < -0.39 is 0 Å². The van der Waals surface area contributed by atoms with Gasteiger partial charge in [-0.05, 0) is 37.5 Å². The Kier molecular flexibility index (Phi) is 6.56. The molecule has 5 heteroatoms.